The molecule has 0 spiro atoms. The fraction of sp³-hybridized carbons (Fsp3) is 0.364. The van der Waals surface area contributed by atoms with Gasteiger partial charge in [0.25, 0.3) is 0 Å². The van der Waals surface area contributed by atoms with Crippen LogP contribution in [-0.2, 0) is 0 Å². The van der Waals surface area contributed by atoms with E-state index in [1.54, 1.807) is 6.92 Å². The minimum absolute atomic E-state index is 0.149. The van der Waals surface area contributed by atoms with Gasteiger partial charge in [-0.3, -0.25) is 4.79 Å². The van der Waals surface area contributed by atoms with Gasteiger partial charge in [0.15, 0.2) is 5.78 Å². The molecule has 1 aromatic rings. The van der Waals surface area contributed by atoms with Crippen LogP contribution in [0.25, 0.3) is 0 Å². The van der Waals surface area contributed by atoms with E-state index in [2.05, 4.69) is 15.9 Å². The van der Waals surface area contributed by atoms with Gasteiger partial charge in [0.1, 0.15) is 11.6 Å². The minimum atomic E-state index is -0.579. The first-order chi connectivity index (χ1) is 7.06. The third kappa shape index (κ3) is 3.63. The Morgan fingerprint density at radius 2 is 2.00 bits per heavy atom. The lowest BCUT2D eigenvalue weighted by atomic mass is 10.1. The van der Waals surface area contributed by atoms with Gasteiger partial charge in [-0.25, -0.2) is 4.39 Å². The number of phenols is 1. The summed E-state index contributed by atoms with van der Waals surface area (Å²) in [6, 6.07) is 2.21. The lowest BCUT2D eigenvalue weighted by molar-refractivity contribution is 0.0985. The number of rotatable bonds is 2. The Labute approximate surface area is 97.3 Å². The molecule has 0 unspecified atom stereocenters. The molecule has 1 N–H and O–H groups in total. The molecule has 0 atom stereocenters. The Balaban J connectivity index is 0.000000921. The van der Waals surface area contributed by atoms with Crippen LogP contribution >= 0.6 is 15.9 Å². The van der Waals surface area contributed by atoms with Gasteiger partial charge in [-0.1, -0.05) is 20.8 Å². The van der Waals surface area contributed by atoms with Crippen molar-refractivity contribution in [2.24, 2.45) is 0 Å². The highest BCUT2D eigenvalue weighted by Crippen LogP contribution is 2.26. The fourth-order valence-electron chi connectivity index (χ4n) is 0.950. The SMILES string of the molecule is CC.CCC(=O)c1cc(Br)c(F)cc1O. The number of Topliss-reactive ketones (excluding diaryl/α,β-unsaturated/α-hetero) is 1. The van der Waals surface area contributed by atoms with Gasteiger partial charge in [0, 0.05) is 12.5 Å². The van der Waals surface area contributed by atoms with Gasteiger partial charge in [-0.2, -0.15) is 0 Å². The summed E-state index contributed by atoms with van der Waals surface area (Å²) >= 11 is 2.94. The van der Waals surface area contributed by atoms with Crippen LogP contribution in [0.15, 0.2) is 16.6 Å². The number of hydrogen-bond acceptors (Lipinski definition) is 2. The molecule has 0 heterocycles. The summed E-state index contributed by atoms with van der Waals surface area (Å²) in [6.07, 6.45) is 0.283. The first kappa shape index (κ1) is 14.1. The average Bonchev–Trinajstić information content (AvgIpc) is 2.25. The van der Waals surface area contributed by atoms with Crippen LogP contribution in [0.3, 0.4) is 0 Å². The van der Waals surface area contributed by atoms with Crippen molar-refractivity contribution in [1.82, 2.24) is 0 Å². The standard InChI is InChI=1S/C9H8BrFO2.C2H6/c1-2-8(12)5-3-6(10)7(11)4-9(5)13;1-2/h3-4,13H,2H2,1H3;1-2H3. The summed E-state index contributed by atoms with van der Waals surface area (Å²) in [5.74, 6) is -1.10. The molecule has 1 rings (SSSR count). The van der Waals surface area contributed by atoms with Crippen molar-refractivity contribution in [2.75, 3.05) is 0 Å². The highest BCUT2D eigenvalue weighted by Gasteiger charge is 2.12. The molecule has 4 heteroatoms. The zero-order valence-corrected chi connectivity index (χ0v) is 10.6. The lowest BCUT2D eigenvalue weighted by Crippen LogP contribution is -1.97. The number of carbonyl (C=O) groups is 1. The van der Waals surface area contributed by atoms with Crippen LogP contribution in [0.2, 0.25) is 0 Å². The molecule has 0 aliphatic heterocycles. The Kier molecular flexibility index (Phi) is 6.17. The van der Waals surface area contributed by atoms with E-state index in [-0.39, 0.29) is 28.0 Å². The number of aromatic hydroxyl groups is 1. The normalized spacial score (nSPS) is 9.13. The second kappa shape index (κ2) is 6.56. The average molecular weight is 277 g/mol. The van der Waals surface area contributed by atoms with Crippen molar-refractivity contribution >= 4 is 21.7 Å². The van der Waals surface area contributed by atoms with E-state index >= 15 is 0 Å². The highest BCUT2D eigenvalue weighted by molar-refractivity contribution is 9.10. The predicted octanol–water partition coefficient (Wildman–Crippen LogP) is 3.91. The van der Waals surface area contributed by atoms with E-state index in [1.807, 2.05) is 13.8 Å². The van der Waals surface area contributed by atoms with E-state index in [0.717, 1.165) is 6.07 Å². The van der Waals surface area contributed by atoms with E-state index in [4.69, 9.17) is 0 Å². The number of benzene rings is 1. The monoisotopic (exact) mass is 276 g/mol. The molecule has 0 amide bonds. The molecule has 0 aromatic heterocycles. The van der Waals surface area contributed by atoms with E-state index in [9.17, 15) is 14.3 Å². The van der Waals surface area contributed by atoms with Gasteiger partial charge in [0.2, 0.25) is 0 Å². The molecular weight excluding hydrogens is 263 g/mol. The second-order valence-corrected chi connectivity index (χ2v) is 3.41. The molecule has 0 saturated carbocycles. The van der Waals surface area contributed by atoms with Gasteiger partial charge in [-0.15, -0.1) is 0 Å². The molecule has 0 saturated heterocycles. The maximum absolute atomic E-state index is 12.8. The summed E-state index contributed by atoms with van der Waals surface area (Å²) in [5.41, 5.74) is 0.149. The zero-order valence-electron chi connectivity index (χ0n) is 8.97. The van der Waals surface area contributed by atoms with Gasteiger partial charge in [-0.05, 0) is 22.0 Å². The van der Waals surface area contributed by atoms with Crippen molar-refractivity contribution in [1.29, 1.82) is 0 Å². The molecule has 0 radical (unpaired) electrons. The largest absolute Gasteiger partial charge is 0.507 e. The zero-order chi connectivity index (χ0) is 12.0. The van der Waals surface area contributed by atoms with Crippen molar-refractivity contribution < 1.29 is 14.3 Å². The summed E-state index contributed by atoms with van der Waals surface area (Å²) in [4.78, 5) is 11.2. The maximum atomic E-state index is 12.8. The van der Waals surface area contributed by atoms with Gasteiger partial charge >= 0.3 is 0 Å². The molecule has 15 heavy (non-hydrogen) atoms. The van der Waals surface area contributed by atoms with Crippen LogP contribution < -0.4 is 0 Å². The highest BCUT2D eigenvalue weighted by atomic mass is 79.9. The van der Waals surface area contributed by atoms with Gasteiger partial charge < -0.3 is 5.11 Å². The number of phenolic OH excluding ortho intramolecular Hbond substituents is 1. The Morgan fingerprint density at radius 3 is 2.47 bits per heavy atom. The van der Waals surface area contributed by atoms with Crippen molar-refractivity contribution in [3.05, 3.63) is 28.0 Å². The molecule has 0 fully saturated rings. The first-order valence-corrected chi connectivity index (χ1v) is 5.56. The lowest BCUT2D eigenvalue weighted by Gasteiger charge is -2.03. The molecule has 84 valence electrons. The molecule has 0 bridgehead atoms. The van der Waals surface area contributed by atoms with Crippen molar-refractivity contribution in [3.63, 3.8) is 0 Å². The van der Waals surface area contributed by atoms with E-state index in [1.165, 1.54) is 6.07 Å². The summed E-state index contributed by atoms with van der Waals surface area (Å²) in [6.45, 7) is 5.68. The van der Waals surface area contributed by atoms with Crippen LogP contribution in [0.1, 0.15) is 37.6 Å². The molecule has 0 aliphatic carbocycles. The first-order valence-electron chi connectivity index (χ1n) is 4.77. The number of hydrogen-bond donors (Lipinski definition) is 1. The Bertz CT molecular complexity index is 351. The number of carbonyl (C=O) groups excluding carboxylic acids is 1. The third-order valence-corrected chi connectivity index (χ3v) is 2.27. The summed E-state index contributed by atoms with van der Waals surface area (Å²) in [7, 11) is 0. The predicted molar refractivity (Wildman–Crippen MR) is 61.7 cm³/mol. The number of ketones is 1. The second-order valence-electron chi connectivity index (χ2n) is 2.56. The topological polar surface area (TPSA) is 37.3 Å². The van der Waals surface area contributed by atoms with Gasteiger partial charge in [0.05, 0.1) is 10.0 Å². The van der Waals surface area contributed by atoms with Crippen molar-refractivity contribution in [3.8, 4) is 5.75 Å². The molecular formula is C11H14BrFO2. The maximum Gasteiger partial charge on any atom is 0.166 e. The fourth-order valence-corrected chi connectivity index (χ4v) is 1.29. The van der Waals surface area contributed by atoms with Crippen molar-refractivity contribution in [2.45, 2.75) is 27.2 Å². The Morgan fingerprint density at radius 1 is 1.47 bits per heavy atom. The molecule has 1 aromatic carbocycles. The third-order valence-electron chi connectivity index (χ3n) is 1.66. The summed E-state index contributed by atoms with van der Waals surface area (Å²) < 4.78 is 13.0. The van der Waals surface area contributed by atoms with Crippen LogP contribution in [0.4, 0.5) is 4.39 Å². The minimum Gasteiger partial charge on any atom is -0.507 e. The molecule has 2 nitrogen and oxygen atoms in total. The Hall–Kier alpha value is -0.900. The van der Waals surface area contributed by atoms with E-state index in [0.29, 0.717) is 0 Å². The number of halogens is 2. The van der Waals surface area contributed by atoms with Crippen LogP contribution in [0.5, 0.6) is 5.75 Å². The van der Waals surface area contributed by atoms with E-state index < -0.39 is 5.82 Å². The molecule has 0 aliphatic rings. The summed E-state index contributed by atoms with van der Waals surface area (Å²) in [5, 5.41) is 9.24. The van der Waals surface area contributed by atoms with Crippen LogP contribution in [-0.4, -0.2) is 10.9 Å². The van der Waals surface area contributed by atoms with Crippen LogP contribution in [0, 0.1) is 5.82 Å². The smallest absolute Gasteiger partial charge is 0.166 e. The quantitative estimate of drug-likeness (QED) is 0.832.